The molecule has 0 spiro atoms. The minimum atomic E-state index is 0.490. The molecule has 1 aromatic heterocycles. The van der Waals surface area contributed by atoms with Gasteiger partial charge in [-0.15, -0.1) is 10.2 Å². The average molecular weight is 250 g/mol. The molecule has 2 aliphatic heterocycles. The van der Waals surface area contributed by atoms with Gasteiger partial charge in [-0.3, -0.25) is 0 Å². The van der Waals surface area contributed by atoms with Crippen LogP contribution in [0.5, 0.6) is 0 Å². The highest BCUT2D eigenvalue weighted by Crippen LogP contribution is 2.17. The van der Waals surface area contributed by atoms with E-state index in [1.807, 2.05) is 0 Å². The summed E-state index contributed by atoms with van der Waals surface area (Å²) in [6.07, 6.45) is 4.76. The highest BCUT2D eigenvalue weighted by atomic mass is 16.5. The molecule has 2 atom stereocenters. The third-order valence-corrected chi connectivity index (χ3v) is 4.19. The molecule has 18 heavy (non-hydrogen) atoms. The molecular weight excluding hydrogens is 228 g/mol. The van der Waals surface area contributed by atoms with Crippen molar-refractivity contribution in [2.24, 2.45) is 5.92 Å². The van der Waals surface area contributed by atoms with Crippen LogP contribution in [0, 0.1) is 5.92 Å². The van der Waals surface area contributed by atoms with Gasteiger partial charge in [0.25, 0.3) is 0 Å². The van der Waals surface area contributed by atoms with Crippen LogP contribution in [0.2, 0.25) is 0 Å². The van der Waals surface area contributed by atoms with E-state index in [0.717, 1.165) is 44.4 Å². The van der Waals surface area contributed by atoms with E-state index in [1.165, 1.54) is 19.3 Å². The van der Waals surface area contributed by atoms with Crippen LogP contribution in [-0.2, 0) is 24.2 Å². The fraction of sp³-hybridized carbons (Fsp3) is 0.846. The van der Waals surface area contributed by atoms with E-state index in [2.05, 4.69) is 27.0 Å². The van der Waals surface area contributed by atoms with Gasteiger partial charge in [0.05, 0.1) is 13.2 Å². The fourth-order valence-electron chi connectivity index (χ4n) is 2.87. The largest absolute Gasteiger partial charge is 0.381 e. The van der Waals surface area contributed by atoms with Gasteiger partial charge in [0.1, 0.15) is 11.6 Å². The molecule has 2 aliphatic rings. The molecule has 0 aliphatic carbocycles. The first kappa shape index (κ1) is 12.1. The topological polar surface area (TPSA) is 52.0 Å². The summed E-state index contributed by atoms with van der Waals surface area (Å²) in [5.41, 5.74) is 0. The third-order valence-electron chi connectivity index (χ3n) is 4.19. The Labute approximate surface area is 108 Å². The number of rotatable bonds is 4. The van der Waals surface area contributed by atoms with Crippen molar-refractivity contribution in [3.05, 3.63) is 11.6 Å². The number of fused-ring (bicyclic) bond motifs is 1. The predicted molar refractivity (Wildman–Crippen MR) is 68.2 cm³/mol. The Morgan fingerprint density at radius 3 is 3.22 bits per heavy atom. The molecule has 1 saturated heterocycles. The molecule has 3 rings (SSSR count). The second-order valence-corrected chi connectivity index (χ2v) is 5.43. The van der Waals surface area contributed by atoms with E-state index >= 15 is 0 Å². The summed E-state index contributed by atoms with van der Waals surface area (Å²) in [6, 6.07) is 0.490. The van der Waals surface area contributed by atoms with Crippen LogP contribution in [0.15, 0.2) is 0 Å². The van der Waals surface area contributed by atoms with Crippen LogP contribution in [0.3, 0.4) is 0 Å². The second kappa shape index (κ2) is 5.36. The number of nitrogens with one attached hydrogen (secondary N) is 1. The van der Waals surface area contributed by atoms with Gasteiger partial charge in [-0.2, -0.15) is 0 Å². The second-order valence-electron chi connectivity index (χ2n) is 5.43. The van der Waals surface area contributed by atoms with Gasteiger partial charge in [-0.05, 0) is 32.1 Å². The summed E-state index contributed by atoms with van der Waals surface area (Å²) in [6.45, 7) is 5.96. The van der Waals surface area contributed by atoms with Crippen molar-refractivity contribution in [3.63, 3.8) is 0 Å². The SMILES string of the molecule is CC(NCc1nnc2n1CCCC2)C1CCOC1. The van der Waals surface area contributed by atoms with Crippen molar-refractivity contribution in [1.29, 1.82) is 0 Å². The van der Waals surface area contributed by atoms with Crippen molar-refractivity contribution >= 4 is 0 Å². The van der Waals surface area contributed by atoms with Crippen LogP contribution >= 0.6 is 0 Å². The van der Waals surface area contributed by atoms with Crippen molar-refractivity contribution in [2.45, 2.75) is 51.7 Å². The molecule has 3 heterocycles. The number of hydrogen-bond acceptors (Lipinski definition) is 4. The summed E-state index contributed by atoms with van der Waals surface area (Å²) in [7, 11) is 0. The number of aromatic nitrogens is 3. The summed E-state index contributed by atoms with van der Waals surface area (Å²) in [5.74, 6) is 2.90. The summed E-state index contributed by atoms with van der Waals surface area (Å²) in [4.78, 5) is 0. The Hall–Kier alpha value is -0.940. The van der Waals surface area contributed by atoms with Crippen LogP contribution in [-0.4, -0.2) is 34.0 Å². The normalized spacial score (nSPS) is 25.1. The van der Waals surface area contributed by atoms with Crippen molar-refractivity contribution < 1.29 is 4.74 Å². The van der Waals surface area contributed by atoms with Gasteiger partial charge in [-0.25, -0.2) is 0 Å². The number of hydrogen-bond donors (Lipinski definition) is 1. The molecule has 5 heteroatoms. The molecular formula is C13H22N4O. The van der Waals surface area contributed by atoms with Crippen LogP contribution in [0.4, 0.5) is 0 Å². The van der Waals surface area contributed by atoms with Gasteiger partial charge in [0, 0.05) is 25.6 Å². The maximum atomic E-state index is 5.43. The number of nitrogens with zero attached hydrogens (tertiary/aromatic N) is 3. The van der Waals surface area contributed by atoms with E-state index in [-0.39, 0.29) is 0 Å². The van der Waals surface area contributed by atoms with Crippen LogP contribution < -0.4 is 5.32 Å². The number of aryl methyl sites for hydroxylation is 1. The number of ether oxygens (including phenoxy) is 1. The molecule has 1 N–H and O–H groups in total. The predicted octanol–water partition coefficient (Wildman–Crippen LogP) is 1.13. The fourth-order valence-corrected chi connectivity index (χ4v) is 2.87. The van der Waals surface area contributed by atoms with Gasteiger partial charge in [0.15, 0.2) is 0 Å². The zero-order valence-electron chi connectivity index (χ0n) is 11.1. The van der Waals surface area contributed by atoms with Gasteiger partial charge >= 0.3 is 0 Å². The maximum absolute atomic E-state index is 5.43. The summed E-state index contributed by atoms with van der Waals surface area (Å²) in [5, 5.41) is 12.2. The maximum Gasteiger partial charge on any atom is 0.147 e. The average Bonchev–Trinajstić information content (AvgIpc) is 3.06. The molecule has 1 fully saturated rings. The standard InChI is InChI=1S/C13H22N4O/c1-10(11-5-7-18-9-11)14-8-13-16-15-12-4-2-3-6-17(12)13/h10-11,14H,2-9H2,1H3. The smallest absolute Gasteiger partial charge is 0.147 e. The first-order valence-corrected chi connectivity index (χ1v) is 7.06. The quantitative estimate of drug-likeness (QED) is 0.870. The van der Waals surface area contributed by atoms with Crippen LogP contribution in [0.25, 0.3) is 0 Å². The molecule has 5 nitrogen and oxygen atoms in total. The molecule has 0 bridgehead atoms. The van der Waals surface area contributed by atoms with Gasteiger partial charge < -0.3 is 14.6 Å². The lowest BCUT2D eigenvalue weighted by Gasteiger charge is -2.20. The van der Waals surface area contributed by atoms with Crippen molar-refractivity contribution in [1.82, 2.24) is 20.1 Å². The van der Waals surface area contributed by atoms with Crippen molar-refractivity contribution in [2.75, 3.05) is 13.2 Å². The minimum Gasteiger partial charge on any atom is -0.381 e. The minimum absolute atomic E-state index is 0.490. The molecule has 2 unspecified atom stereocenters. The Kier molecular flexibility index (Phi) is 3.61. The van der Waals surface area contributed by atoms with E-state index < -0.39 is 0 Å². The Bertz CT molecular complexity index is 398. The first-order chi connectivity index (χ1) is 8.84. The molecule has 0 amide bonds. The van der Waals surface area contributed by atoms with Gasteiger partial charge in [0.2, 0.25) is 0 Å². The lowest BCUT2D eigenvalue weighted by Crippen LogP contribution is -2.34. The van der Waals surface area contributed by atoms with Gasteiger partial charge in [-0.1, -0.05) is 0 Å². The Morgan fingerprint density at radius 1 is 1.44 bits per heavy atom. The lowest BCUT2D eigenvalue weighted by molar-refractivity contribution is 0.178. The zero-order chi connectivity index (χ0) is 12.4. The van der Waals surface area contributed by atoms with Crippen molar-refractivity contribution in [3.8, 4) is 0 Å². The lowest BCUT2D eigenvalue weighted by atomic mass is 10.0. The zero-order valence-corrected chi connectivity index (χ0v) is 11.1. The molecule has 1 aromatic rings. The summed E-state index contributed by atoms with van der Waals surface area (Å²) < 4.78 is 7.72. The monoisotopic (exact) mass is 250 g/mol. The molecule has 100 valence electrons. The Balaban J connectivity index is 1.57. The van der Waals surface area contributed by atoms with E-state index in [4.69, 9.17) is 4.74 Å². The first-order valence-electron chi connectivity index (χ1n) is 7.06. The molecule has 0 radical (unpaired) electrons. The summed E-state index contributed by atoms with van der Waals surface area (Å²) >= 11 is 0. The van der Waals surface area contributed by atoms with E-state index in [9.17, 15) is 0 Å². The molecule has 0 aromatic carbocycles. The van der Waals surface area contributed by atoms with E-state index in [0.29, 0.717) is 12.0 Å². The van der Waals surface area contributed by atoms with Crippen LogP contribution in [0.1, 0.15) is 37.8 Å². The highest BCUT2D eigenvalue weighted by Gasteiger charge is 2.23. The van der Waals surface area contributed by atoms with E-state index in [1.54, 1.807) is 0 Å². The Morgan fingerprint density at radius 2 is 2.39 bits per heavy atom. The third kappa shape index (κ3) is 2.42. The highest BCUT2D eigenvalue weighted by molar-refractivity contribution is 4.99. The molecule has 0 saturated carbocycles.